The number of carbonyl (C=O) groups excluding carboxylic acids is 1. The molecule has 1 atom stereocenters. The van der Waals surface area contributed by atoms with Crippen LogP contribution < -0.4 is 10.2 Å². The lowest BCUT2D eigenvalue weighted by Crippen LogP contribution is -2.43. The Balaban J connectivity index is 1.43. The number of nitrogens with zero attached hydrogens (tertiary/aromatic N) is 3. The third-order valence-corrected chi connectivity index (χ3v) is 5.98. The summed E-state index contributed by atoms with van der Waals surface area (Å²) in [5, 5.41) is 12.6. The standard InChI is InChI=1S/C23H30N4O3/c1-30-15-18(28)14-24-23(29)17-10-12-27(13-11-17)22-19-8-5-9-20(19)25-21(26-22)16-6-3-2-4-7-16/h2-4,6-7,17-18,28H,5,8-15H2,1H3,(H,24,29)/t18-/m1/s1. The molecule has 0 spiro atoms. The number of amides is 1. The molecule has 0 saturated carbocycles. The van der Waals surface area contributed by atoms with Crippen molar-refractivity contribution in [3.8, 4) is 11.4 Å². The number of hydrogen-bond donors (Lipinski definition) is 2. The lowest BCUT2D eigenvalue weighted by molar-refractivity contribution is -0.126. The molecule has 1 fully saturated rings. The number of aliphatic hydroxyl groups is 1. The van der Waals surface area contributed by atoms with E-state index in [1.807, 2.05) is 18.2 Å². The second kappa shape index (κ2) is 9.53. The molecule has 0 unspecified atom stereocenters. The van der Waals surface area contributed by atoms with Gasteiger partial charge in [-0.25, -0.2) is 9.97 Å². The maximum atomic E-state index is 12.5. The van der Waals surface area contributed by atoms with Gasteiger partial charge in [0.15, 0.2) is 5.82 Å². The maximum absolute atomic E-state index is 12.5. The van der Waals surface area contributed by atoms with Crippen LogP contribution >= 0.6 is 0 Å². The monoisotopic (exact) mass is 410 g/mol. The molecule has 2 N–H and O–H groups in total. The van der Waals surface area contributed by atoms with Crippen molar-refractivity contribution in [1.29, 1.82) is 0 Å². The Labute approximate surface area is 177 Å². The minimum absolute atomic E-state index is 0.0164. The second-order valence-electron chi connectivity index (χ2n) is 8.13. The van der Waals surface area contributed by atoms with E-state index in [2.05, 4.69) is 22.3 Å². The van der Waals surface area contributed by atoms with Crippen LogP contribution in [0, 0.1) is 5.92 Å². The highest BCUT2D eigenvalue weighted by atomic mass is 16.5. The lowest BCUT2D eigenvalue weighted by Gasteiger charge is -2.33. The van der Waals surface area contributed by atoms with E-state index >= 15 is 0 Å². The van der Waals surface area contributed by atoms with E-state index in [0.29, 0.717) is 0 Å². The van der Waals surface area contributed by atoms with Gasteiger partial charge in [-0.2, -0.15) is 0 Å². The number of methoxy groups -OCH3 is 1. The highest BCUT2D eigenvalue weighted by Gasteiger charge is 2.29. The number of ether oxygens (including phenoxy) is 1. The van der Waals surface area contributed by atoms with E-state index in [1.54, 1.807) is 0 Å². The fourth-order valence-electron chi connectivity index (χ4n) is 4.36. The fourth-order valence-corrected chi connectivity index (χ4v) is 4.36. The zero-order chi connectivity index (χ0) is 20.9. The molecule has 1 aromatic carbocycles. The highest BCUT2D eigenvalue weighted by molar-refractivity contribution is 5.79. The van der Waals surface area contributed by atoms with Gasteiger partial charge in [-0.3, -0.25) is 4.79 Å². The predicted molar refractivity (Wildman–Crippen MR) is 115 cm³/mol. The third-order valence-electron chi connectivity index (χ3n) is 5.98. The van der Waals surface area contributed by atoms with Gasteiger partial charge in [0.25, 0.3) is 0 Å². The van der Waals surface area contributed by atoms with Gasteiger partial charge in [0.2, 0.25) is 5.91 Å². The van der Waals surface area contributed by atoms with Crippen molar-refractivity contribution < 1.29 is 14.6 Å². The summed E-state index contributed by atoms with van der Waals surface area (Å²) >= 11 is 0. The van der Waals surface area contributed by atoms with Gasteiger partial charge in [0.1, 0.15) is 5.82 Å². The Morgan fingerprint density at radius 2 is 2.00 bits per heavy atom. The van der Waals surface area contributed by atoms with Gasteiger partial charge in [-0.1, -0.05) is 30.3 Å². The maximum Gasteiger partial charge on any atom is 0.223 e. The summed E-state index contributed by atoms with van der Waals surface area (Å²) < 4.78 is 4.90. The summed E-state index contributed by atoms with van der Waals surface area (Å²) in [7, 11) is 1.54. The number of aliphatic hydroxyl groups excluding tert-OH is 1. The molecule has 1 saturated heterocycles. The number of nitrogens with one attached hydrogen (secondary N) is 1. The molecule has 2 heterocycles. The van der Waals surface area contributed by atoms with Crippen LogP contribution in [0.15, 0.2) is 30.3 Å². The second-order valence-corrected chi connectivity index (χ2v) is 8.13. The average Bonchev–Trinajstić information content (AvgIpc) is 3.26. The topological polar surface area (TPSA) is 87.6 Å². The van der Waals surface area contributed by atoms with Crippen molar-refractivity contribution in [3.05, 3.63) is 41.6 Å². The Bertz CT molecular complexity index is 866. The zero-order valence-corrected chi connectivity index (χ0v) is 17.5. The summed E-state index contributed by atoms with van der Waals surface area (Å²) in [6.07, 6.45) is 4.05. The summed E-state index contributed by atoms with van der Waals surface area (Å²) in [5.74, 6) is 1.83. The van der Waals surface area contributed by atoms with E-state index < -0.39 is 6.10 Å². The molecule has 1 aliphatic heterocycles. The van der Waals surface area contributed by atoms with Gasteiger partial charge in [-0.15, -0.1) is 0 Å². The largest absolute Gasteiger partial charge is 0.389 e. The molecule has 0 radical (unpaired) electrons. The number of anilines is 1. The van der Waals surface area contributed by atoms with Crippen molar-refractivity contribution in [2.24, 2.45) is 5.92 Å². The van der Waals surface area contributed by atoms with Gasteiger partial charge < -0.3 is 20.1 Å². The van der Waals surface area contributed by atoms with Gasteiger partial charge >= 0.3 is 0 Å². The van der Waals surface area contributed by atoms with Crippen LogP contribution in [0.1, 0.15) is 30.5 Å². The molecule has 2 aliphatic rings. The summed E-state index contributed by atoms with van der Waals surface area (Å²) in [6.45, 7) is 2.06. The van der Waals surface area contributed by atoms with Crippen LogP contribution in [-0.4, -0.2) is 60.4 Å². The minimum atomic E-state index is -0.668. The predicted octanol–water partition coefficient (Wildman–Crippen LogP) is 1.97. The first kappa shape index (κ1) is 20.8. The first-order valence-corrected chi connectivity index (χ1v) is 10.8. The van der Waals surface area contributed by atoms with Gasteiger partial charge in [-0.05, 0) is 32.1 Å². The summed E-state index contributed by atoms with van der Waals surface area (Å²) in [4.78, 5) is 24.6. The number of piperidine rings is 1. The number of aryl methyl sites for hydroxylation is 1. The number of hydrogen-bond acceptors (Lipinski definition) is 6. The molecule has 2 aromatic rings. The zero-order valence-electron chi connectivity index (χ0n) is 17.5. The van der Waals surface area contributed by atoms with Gasteiger partial charge in [0, 0.05) is 49.5 Å². The summed E-state index contributed by atoms with van der Waals surface area (Å²) in [6, 6.07) is 10.1. The molecule has 0 bridgehead atoms. The van der Waals surface area contributed by atoms with Gasteiger partial charge in [0.05, 0.1) is 12.7 Å². The molecule has 160 valence electrons. The Hall–Kier alpha value is -2.51. The molecule has 1 aliphatic carbocycles. The third kappa shape index (κ3) is 4.63. The van der Waals surface area contributed by atoms with E-state index in [9.17, 15) is 9.90 Å². The molecule has 30 heavy (non-hydrogen) atoms. The number of fused-ring (bicyclic) bond motifs is 1. The van der Waals surface area contributed by atoms with E-state index in [4.69, 9.17) is 14.7 Å². The lowest BCUT2D eigenvalue weighted by atomic mass is 9.95. The van der Waals surface area contributed by atoms with E-state index in [1.165, 1.54) is 18.4 Å². The molecule has 4 rings (SSSR count). The molecule has 1 aromatic heterocycles. The highest BCUT2D eigenvalue weighted by Crippen LogP contribution is 2.33. The van der Waals surface area contributed by atoms with Crippen LogP contribution in [0.4, 0.5) is 5.82 Å². The fraction of sp³-hybridized carbons (Fsp3) is 0.522. The smallest absolute Gasteiger partial charge is 0.223 e. The van der Waals surface area contributed by atoms with E-state index in [-0.39, 0.29) is 25.0 Å². The van der Waals surface area contributed by atoms with Crippen LogP contribution in [0.2, 0.25) is 0 Å². The van der Waals surface area contributed by atoms with Crippen LogP contribution in [0.3, 0.4) is 0 Å². The van der Waals surface area contributed by atoms with Crippen molar-refractivity contribution >= 4 is 11.7 Å². The van der Waals surface area contributed by atoms with Crippen molar-refractivity contribution in [2.45, 2.75) is 38.2 Å². The average molecular weight is 411 g/mol. The van der Waals surface area contributed by atoms with E-state index in [0.717, 1.165) is 62.4 Å². The normalized spacial score (nSPS) is 17.6. The molecule has 1 amide bonds. The molecule has 7 heteroatoms. The van der Waals surface area contributed by atoms with Crippen molar-refractivity contribution in [1.82, 2.24) is 15.3 Å². The minimum Gasteiger partial charge on any atom is -0.389 e. The number of aromatic nitrogens is 2. The Morgan fingerprint density at radius 3 is 2.73 bits per heavy atom. The van der Waals surface area contributed by atoms with Crippen LogP contribution in [-0.2, 0) is 22.4 Å². The Morgan fingerprint density at radius 1 is 1.23 bits per heavy atom. The first-order valence-electron chi connectivity index (χ1n) is 10.8. The summed E-state index contributed by atoms with van der Waals surface area (Å²) in [5.41, 5.74) is 3.49. The molecule has 7 nitrogen and oxygen atoms in total. The number of benzene rings is 1. The van der Waals surface area contributed by atoms with Crippen molar-refractivity contribution in [3.63, 3.8) is 0 Å². The van der Waals surface area contributed by atoms with Crippen LogP contribution in [0.25, 0.3) is 11.4 Å². The number of rotatable bonds is 7. The Kier molecular flexibility index (Phi) is 6.59. The van der Waals surface area contributed by atoms with Crippen molar-refractivity contribution in [2.75, 3.05) is 38.3 Å². The SMILES string of the molecule is COC[C@H](O)CNC(=O)C1CCN(c2nc(-c3ccccc3)nc3c2CCC3)CC1. The molecular weight excluding hydrogens is 380 g/mol. The quantitative estimate of drug-likeness (QED) is 0.726. The molecular formula is C23H30N4O3. The first-order chi connectivity index (χ1) is 14.7. The van der Waals surface area contributed by atoms with Crippen LogP contribution in [0.5, 0.6) is 0 Å². The number of carbonyl (C=O) groups is 1.